The van der Waals surface area contributed by atoms with Crippen molar-refractivity contribution >= 4 is 5.91 Å². The summed E-state index contributed by atoms with van der Waals surface area (Å²) in [5.74, 6) is 0.537. The molecule has 4 nitrogen and oxygen atoms in total. The van der Waals surface area contributed by atoms with E-state index in [0.29, 0.717) is 11.9 Å². The monoisotopic (exact) mass is 252 g/mol. The van der Waals surface area contributed by atoms with Gasteiger partial charge >= 0.3 is 0 Å². The Kier molecular flexibility index (Phi) is 3.57. The molecule has 2 heterocycles. The van der Waals surface area contributed by atoms with E-state index in [1.54, 1.807) is 0 Å². The fourth-order valence-electron chi connectivity index (χ4n) is 3.77. The molecule has 1 atom stereocenters. The lowest BCUT2D eigenvalue weighted by Crippen LogP contribution is -2.53. The van der Waals surface area contributed by atoms with Crippen molar-refractivity contribution < 1.29 is 9.90 Å². The summed E-state index contributed by atoms with van der Waals surface area (Å²) in [7, 11) is 0. The lowest BCUT2D eigenvalue weighted by molar-refractivity contribution is -0.139. The maximum atomic E-state index is 12.5. The first-order valence-corrected chi connectivity index (χ1v) is 7.45. The van der Waals surface area contributed by atoms with Gasteiger partial charge in [-0.3, -0.25) is 9.69 Å². The van der Waals surface area contributed by atoms with Gasteiger partial charge in [-0.1, -0.05) is 0 Å². The second-order valence-electron chi connectivity index (χ2n) is 6.12. The van der Waals surface area contributed by atoms with Gasteiger partial charge in [0.15, 0.2) is 0 Å². The minimum Gasteiger partial charge on any atom is -0.393 e. The highest BCUT2D eigenvalue weighted by molar-refractivity contribution is 5.79. The summed E-state index contributed by atoms with van der Waals surface area (Å²) in [6, 6.07) is 0.622. The van der Waals surface area contributed by atoms with Crippen molar-refractivity contribution in [1.82, 2.24) is 9.80 Å². The molecule has 1 saturated carbocycles. The summed E-state index contributed by atoms with van der Waals surface area (Å²) in [6.45, 7) is 4.14. The second kappa shape index (κ2) is 5.17. The molecule has 0 bridgehead atoms. The average molecular weight is 252 g/mol. The number of fused-ring (bicyclic) bond motifs is 1. The van der Waals surface area contributed by atoms with Crippen molar-refractivity contribution in [2.75, 3.05) is 26.2 Å². The van der Waals surface area contributed by atoms with Gasteiger partial charge < -0.3 is 10.0 Å². The molecule has 3 rings (SSSR count). The Morgan fingerprint density at radius 2 is 1.78 bits per heavy atom. The molecule has 2 aliphatic heterocycles. The van der Waals surface area contributed by atoms with Crippen LogP contribution in [0.15, 0.2) is 0 Å². The topological polar surface area (TPSA) is 43.8 Å². The summed E-state index contributed by atoms with van der Waals surface area (Å²) in [6.07, 6.45) is 5.76. The third kappa shape index (κ3) is 2.41. The minimum absolute atomic E-state index is 0.166. The predicted octanol–water partition coefficient (Wildman–Crippen LogP) is 0.844. The molecule has 3 aliphatic rings. The van der Waals surface area contributed by atoms with E-state index < -0.39 is 0 Å². The number of nitrogens with zero attached hydrogens (tertiary/aromatic N) is 2. The van der Waals surface area contributed by atoms with Gasteiger partial charge in [-0.2, -0.15) is 0 Å². The van der Waals surface area contributed by atoms with E-state index in [1.807, 2.05) is 0 Å². The van der Waals surface area contributed by atoms with Crippen LogP contribution in [-0.2, 0) is 4.79 Å². The number of carbonyl (C=O) groups excluding carboxylic acids is 1. The lowest BCUT2D eigenvalue weighted by atomic mass is 9.86. The van der Waals surface area contributed by atoms with Gasteiger partial charge in [-0.25, -0.2) is 0 Å². The van der Waals surface area contributed by atoms with E-state index >= 15 is 0 Å². The molecule has 2 saturated heterocycles. The summed E-state index contributed by atoms with van der Waals surface area (Å²) in [5, 5.41) is 9.51. The Hall–Kier alpha value is -0.610. The molecule has 0 spiro atoms. The van der Waals surface area contributed by atoms with Gasteiger partial charge in [0.25, 0.3) is 0 Å². The first kappa shape index (κ1) is 12.4. The summed E-state index contributed by atoms with van der Waals surface area (Å²) < 4.78 is 0. The maximum absolute atomic E-state index is 12.5. The first-order chi connectivity index (χ1) is 8.74. The Bertz CT molecular complexity index is 313. The molecule has 1 N–H and O–H groups in total. The lowest BCUT2D eigenvalue weighted by Gasteiger charge is -2.39. The van der Waals surface area contributed by atoms with Crippen molar-refractivity contribution in [3.05, 3.63) is 0 Å². The van der Waals surface area contributed by atoms with Crippen LogP contribution in [0.1, 0.15) is 38.5 Å². The van der Waals surface area contributed by atoms with Gasteiger partial charge in [0.2, 0.25) is 5.91 Å². The molecule has 1 unspecified atom stereocenters. The third-order valence-electron chi connectivity index (χ3n) is 4.94. The van der Waals surface area contributed by atoms with Crippen LogP contribution in [0.5, 0.6) is 0 Å². The number of rotatable bonds is 1. The van der Waals surface area contributed by atoms with Crippen LogP contribution in [0.25, 0.3) is 0 Å². The van der Waals surface area contributed by atoms with Crippen molar-refractivity contribution in [2.24, 2.45) is 5.92 Å². The smallest absolute Gasteiger partial charge is 0.225 e. The SMILES string of the molecule is O=C(C1CCC(O)CC1)N1CCN2CCCC2C1. The average Bonchev–Trinajstić information content (AvgIpc) is 2.86. The third-order valence-corrected chi connectivity index (χ3v) is 4.94. The van der Waals surface area contributed by atoms with Crippen LogP contribution in [0.4, 0.5) is 0 Å². The van der Waals surface area contributed by atoms with Gasteiger partial charge in [-0.05, 0) is 45.1 Å². The first-order valence-electron chi connectivity index (χ1n) is 7.45. The van der Waals surface area contributed by atoms with E-state index in [9.17, 15) is 9.90 Å². The Morgan fingerprint density at radius 1 is 1.00 bits per heavy atom. The number of aliphatic hydroxyl groups excluding tert-OH is 1. The van der Waals surface area contributed by atoms with Gasteiger partial charge in [0.1, 0.15) is 0 Å². The zero-order valence-corrected chi connectivity index (χ0v) is 11.1. The fraction of sp³-hybridized carbons (Fsp3) is 0.929. The van der Waals surface area contributed by atoms with Crippen LogP contribution < -0.4 is 0 Å². The summed E-state index contributed by atoms with van der Waals surface area (Å²) >= 11 is 0. The van der Waals surface area contributed by atoms with Crippen LogP contribution in [0.2, 0.25) is 0 Å². The number of hydrogen-bond acceptors (Lipinski definition) is 3. The van der Waals surface area contributed by atoms with Gasteiger partial charge in [0, 0.05) is 31.6 Å². The van der Waals surface area contributed by atoms with Crippen molar-refractivity contribution in [3.8, 4) is 0 Å². The largest absolute Gasteiger partial charge is 0.393 e. The van der Waals surface area contributed by atoms with Crippen LogP contribution in [-0.4, -0.2) is 59.1 Å². The van der Waals surface area contributed by atoms with E-state index in [1.165, 1.54) is 19.4 Å². The van der Waals surface area contributed by atoms with E-state index in [4.69, 9.17) is 0 Å². The standard InChI is InChI=1S/C14H24N2O2/c17-13-5-3-11(4-6-13)14(18)16-9-8-15-7-1-2-12(15)10-16/h11-13,17H,1-10H2. The van der Waals surface area contributed by atoms with E-state index in [-0.39, 0.29) is 12.0 Å². The molecule has 0 aromatic heterocycles. The molecule has 18 heavy (non-hydrogen) atoms. The highest BCUT2D eigenvalue weighted by Gasteiger charge is 2.35. The summed E-state index contributed by atoms with van der Waals surface area (Å²) in [5.41, 5.74) is 0. The number of amides is 1. The quantitative estimate of drug-likeness (QED) is 0.752. The molecule has 0 aromatic carbocycles. The van der Waals surface area contributed by atoms with Crippen LogP contribution in [0.3, 0.4) is 0 Å². The number of piperazine rings is 1. The molecule has 102 valence electrons. The molecule has 3 fully saturated rings. The molecule has 0 aromatic rings. The molecule has 0 radical (unpaired) electrons. The zero-order chi connectivity index (χ0) is 12.5. The summed E-state index contributed by atoms with van der Waals surface area (Å²) in [4.78, 5) is 17.1. The van der Waals surface area contributed by atoms with Gasteiger partial charge in [-0.15, -0.1) is 0 Å². The highest BCUT2D eigenvalue weighted by Crippen LogP contribution is 2.28. The van der Waals surface area contributed by atoms with Crippen molar-refractivity contribution in [1.29, 1.82) is 0 Å². The van der Waals surface area contributed by atoms with E-state index in [0.717, 1.165) is 45.3 Å². The zero-order valence-electron chi connectivity index (χ0n) is 11.1. The Morgan fingerprint density at radius 3 is 2.56 bits per heavy atom. The molecule has 1 aliphatic carbocycles. The number of carbonyl (C=O) groups is 1. The molecular weight excluding hydrogens is 228 g/mol. The van der Waals surface area contributed by atoms with Crippen LogP contribution >= 0.6 is 0 Å². The maximum Gasteiger partial charge on any atom is 0.225 e. The fourth-order valence-corrected chi connectivity index (χ4v) is 3.77. The minimum atomic E-state index is -0.166. The number of hydrogen-bond donors (Lipinski definition) is 1. The number of aliphatic hydroxyl groups is 1. The molecule has 1 amide bonds. The Balaban J connectivity index is 1.56. The second-order valence-corrected chi connectivity index (χ2v) is 6.12. The molecule has 4 heteroatoms. The van der Waals surface area contributed by atoms with E-state index in [2.05, 4.69) is 9.80 Å². The van der Waals surface area contributed by atoms with Crippen molar-refractivity contribution in [3.63, 3.8) is 0 Å². The van der Waals surface area contributed by atoms with Crippen LogP contribution in [0, 0.1) is 5.92 Å². The Labute approximate surface area is 109 Å². The predicted molar refractivity (Wildman–Crippen MR) is 69.1 cm³/mol. The van der Waals surface area contributed by atoms with Crippen molar-refractivity contribution in [2.45, 2.75) is 50.7 Å². The van der Waals surface area contributed by atoms with Gasteiger partial charge in [0.05, 0.1) is 6.10 Å². The molecular formula is C14H24N2O2. The normalized spacial score (nSPS) is 37.6. The highest BCUT2D eigenvalue weighted by atomic mass is 16.3.